The van der Waals surface area contributed by atoms with E-state index in [1.165, 1.54) is 12.1 Å². The van der Waals surface area contributed by atoms with Crippen LogP contribution in [0.25, 0.3) is 0 Å². The van der Waals surface area contributed by atoms with Crippen molar-refractivity contribution < 1.29 is 14.8 Å². The molecule has 1 aliphatic heterocycles. The number of carbonyl (C=O) groups is 1. The van der Waals surface area contributed by atoms with Crippen molar-refractivity contribution in [2.75, 3.05) is 24.6 Å². The maximum atomic E-state index is 11.1. The smallest absolute Gasteiger partial charge is 0.293 e. The Hall–Kier alpha value is -2.15. The van der Waals surface area contributed by atoms with Gasteiger partial charge in [-0.15, -0.1) is 0 Å². The van der Waals surface area contributed by atoms with Gasteiger partial charge in [0.25, 0.3) is 5.69 Å². The van der Waals surface area contributed by atoms with Crippen LogP contribution in [-0.2, 0) is 0 Å². The van der Waals surface area contributed by atoms with Crippen molar-refractivity contribution in [2.45, 2.75) is 12.8 Å². The largest absolute Gasteiger partial charge is 0.396 e. The third kappa shape index (κ3) is 2.88. The van der Waals surface area contributed by atoms with Gasteiger partial charge in [-0.05, 0) is 30.9 Å². The Kier molecular flexibility index (Phi) is 4.19. The molecule has 1 aliphatic rings. The summed E-state index contributed by atoms with van der Waals surface area (Å²) in [6.45, 7) is 1.51. The van der Waals surface area contributed by atoms with Crippen LogP contribution in [0.15, 0.2) is 18.2 Å². The summed E-state index contributed by atoms with van der Waals surface area (Å²) in [4.78, 5) is 23.7. The van der Waals surface area contributed by atoms with Crippen LogP contribution in [0, 0.1) is 16.0 Å². The molecule has 0 aliphatic carbocycles. The lowest BCUT2D eigenvalue weighted by Crippen LogP contribution is -2.21. The molecule has 0 bridgehead atoms. The topological polar surface area (TPSA) is 110 Å². The lowest BCUT2D eigenvalue weighted by molar-refractivity contribution is -0.384. The van der Waals surface area contributed by atoms with Gasteiger partial charge in [0.05, 0.1) is 4.92 Å². The molecule has 1 aromatic rings. The number of nitrogens with zero attached hydrogens (tertiary/aromatic N) is 2. The summed E-state index contributed by atoms with van der Waals surface area (Å²) in [6.07, 6.45) is 1.60. The maximum absolute atomic E-state index is 11.1. The first kappa shape index (κ1) is 14.3. The van der Waals surface area contributed by atoms with Gasteiger partial charge in [0.1, 0.15) is 5.69 Å². The molecule has 0 aromatic heterocycles. The van der Waals surface area contributed by atoms with Crippen molar-refractivity contribution in [3.8, 4) is 0 Å². The number of aliphatic hydroxyl groups is 1. The summed E-state index contributed by atoms with van der Waals surface area (Å²) < 4.78 is 0. The molecule has 1 saturated heterocycles. The number of nitrogens with two attached hydrogens (primary N) is 1. The van der Waals surface area contributed by atoms with Crippen LogP contribution >= 0.6 is 0 Å². The number of nitro benzene ring substituents is 1. The molecule has 108 valence electrons. The lowest BCUT2D eigenvalue weighted by atomic mass is 10.1. The molecule has 1 atom stereocenters. The third-order valence-electron chi connectivity index (χ3n) is 3.62. The van der Waals surface area contributed by atoms with Gasteiger partial charge in [-0.2, -0.15) is 0 Å². The Morgan fingerprint density at radius 2 is 2.30 bits per heavy atom. The van der Waals surface area contributed by atoms with Gasteiger partial charge in [-0.3, -0.25) is 14.9 Å². The second kappa shape index (κ2) is 5.87. The Morgan fingerprint density at radius 1 is 1.55 bits per heavy atom. The highest BCUT2D eigenvalue weighted by Crippen LogP contribution is 2.33. The van der Waals surface area contributed by atoms with E-state index in [9.17, 15) is 14.9 Å². The van der Waals surface area contributed by atoms with Gasteiger partial charge in [0.2, 0.25) is 5.91 Å². The van der Waals surface area contributed by atoms with Crippen molar-refractivity contribution in [2.24, 2.45) is 11.7 Å². The van der Waals surface area contributed by atoms with Gasteiger partial charge in [-0.1, -0.05) is 0 Å². The minimum atomic E-state index is -0.681. The first-order valence-corrected chi connectivity index (χ1v) is 6.47. The van der Waals surface area contributed by atoms with Crippen LogP contribution in [-0.4, -0.2) is 35.6 Å². The van der Waals surface area contributed by atoms with E-state index in [-0.39, 0.29) is 17.9 Å². The van der Waals surface area contributed by atoms with Gasteiger partial charge in [0, 0.05) is 31.3 Å². The molecule has 1 unspecified atom stereocenters. The fourth-order valence-corrected chi connectivity index (χ4v) is 2.56. The van der Waals surface area contributed by atoms with Crippen molar-refractivity contribution in [3.63, 3.8) is 0 Å². The average molecular weight is 279 g/mol. The normalized spacial score (nSPS) is 18.2. The van der Waals surface area contributed by atoms with E-state index >= 15 is 0 Å². The zero-order chi connectivity index (χ0) is 14.7. The molecule has 2 rings (SSSR count). The first-order chi connectivity index (χ1) is 9.52. The van der Waals surface area contributed by atoms with E-state index < -0.39 is 10.8 Å². The number of aliphatic hydroxyl groups excluding tert-OH is 1. The van der Waals surface area contributed by atoms with Crippen molar-refractivity contribution in [1.82, 2.24) is 0 Å². The van der Waals surface area contributed by atoms with E-state index in [0.29, 0.717) is 31.1 Å². The predicted molar refractivity (Wildman–Crippen MR) is 73.6 cm³/mol. The quantitative estimate of drug-likeness (QED) is 0.614. The number of rotatable bonds is 5. The van der Waals surface area contributed by atoms with Crippen LogP contribution in [0.3, 0.4) is 0 Å². The summed E-state index contributed by atoms with van der Waals surface area (Å²) >= 11 is 0. The van der Waals surface area contributed by atoms with E-state index in [0.717, 1.165) is 6.42 Å². The Labute approximate surface area is 116 Å². The van der Waals surface area contributed by atoms with Crippen LogP contribution < -0.4 is 10.6 Å². The molecule has 7 heteroatoms. The molecule has 0 saturated carbocycles. The standard InChI is InChI=1S/C13H17N3O4/c14-13(18)10-1-2-11(12(7-10)16(19)20)15-5-3-9(8-15)4-6-17/h1-2,7,9,17H,3-6,8H2,(H2,14,18). The number of primary amides is 1. The van der Waals surface area contributed by atoms with Crippen LogP contribution in [0.4, 0.5) is 11.4 Å². The van der Waals surface area contributed by atoms with E-state index in [1.54, 1.807) is 6.07 Å². The first-order valence-electron chi connectivity index (χ1n) is 6.47. The molecule has 1 fully saturated rings. The molecule has 0 spiro atoms. The number of benzene rings is 1. The molecule has 0 radical (unpaired) electrons. The Bertz CT molecular complexity index is 532. The van der Waals surface area contributed by atoms with E-state index in [1.807, 2.05) is 4.90 Å². The third-order valence-corrected chi connectivity index (χ3v) is 3.62. The summed E-state index contributed by atoms with van der Waals surface area (Å²) in [5.74, 6) is -0.338. The molecule has 1 aromatic carbocycles. The summed E-state index contributed by atoms with van der Waals surface area (Å²) in [7, 11) is 0. The Balaban J connectivity index is 2.28. The highest BCUT2D eigenvalue weighted by Gasteiger charge is 2.27. The molecule has 1 amide bonds. The number of anilines is 1. The van der Waals surface area contributed by atoms with Crippen LogP contribution in [0.1, 0.15) is 23.2 Å². The highest BCUT2D eigenvalue weighted by atomic mass is 16.6. The zero-order valence-corrected chi connectivity index (χ0v) is 11.0. The van der Waals surface area contributed by atoms with Gasteiger partial charge < -0.3 is 15.7 Å². The summed E-state index contributed by atoms with van der Waals surface area (Å²) in [5.41, 5.74) is 5.67. The fourth-order valence-electron chi connectivity index (χ4n) is 2.56. The average Bonchev–Trinajstić information content (AvgIpc) is 2.86. The monoisotopic (exact) mass is 279 g/mol. The lowest BCUT2D eigenvalue weighted by Gasteiger charge is -2.18. The minimum Gasteiger partial charge on any atom is -0.396 e. The van der Waals surface area contributed by atoms with Crippen molar-refractivity contribution in [1.29, 1.82) is 0 Å². The van der Waals surface area contributed by atoms with Crippen molar-refractivity contribution >= 4 is 17.3 Å². The maximum Gasteiger partial charge on any atom is 0.293 e. The van der Waals surface area contributed by atoms with Crippen molar-refractivity contribution in [3.05, 3.63) is 33.9 Å². The molecular weight excluding hydrogens is 262 g/mol. The zero-order valence-electron chi connectivity index (χ0n) is 11.0. The molecule has 3 N–H and O–H groups in total. The molecule has 7 nitrogen and oxygen atoms in total. The SMILES string of the molecule is NC(=O)c1ccc(N2CCC(CCO)C2)c([N+](=O)[O-])c1. The van der Waals surface area contributed by atoms with E-state index in [4.69, 9.17) is 10.8 Å². The fraction of sp³-hybridized carbons (Fsp3) is 0.462. The molecular formula is C13H17N3O4. The van der Waals surface area contributed by atoms with E-state index in [2.05, 4.69) is 0 Å². The number of hydrogen-bond acceptors (Lipinski definition) is 5. The predicted octanol–water partition coefficient (Wildman–Crippen LogP) is 0.902. The summed E-state index contributed by atoms with van der Waals surface area (Å²) in [5, 5.41) is 20.1. The number of carbonyl (C=O) groups excluding carboxylic acids is 1. The Morgan fingerprint density at radius 3 is 2.90 bits per heavy atom. The molecule has 1 heterocycles. The highest BCUT2D eigenvalue weighted by molar-refractivity contribution is 5.94. The van der Waals surface area contributed by atoms with Crippen LogP contribution in [0.5, 0.6) is 0 Å². The van der Waals surface area contributed by atoms with Gasteiger partial charge in [-0.25, -0.2) is 0 Å². The van der Waals surface area contributed by atoms with Crippen LogP contribution in [0.2, 0.25) is 0 Å². The van der Waals surface area contributed by atoms with Gasteiger partial charge >= 0.3 is 0 Å². The van der Waals surface area contributed by atoms with Gasteiger partial charge in [0.15, 0.2) is 0 Å². The minimum absolute atomic E-state index is 0.106. The second-order valence-electron chi connectivity index (χ2n) is 4.94. The second-order valence-corrected chi connectivity index (χ2v) is 4.94. The number of hydrogen-bond donors (Lipinski definition) is 2. The summed E-state index contributed by atoms with van der Waals surface area (Å²) in [6, 6.07) is 4.29. The number of nitro groups is 1. The number of amides is 1. The molecule has 20 heavy (non-hydrogen) atoms.